The molecule has 0 radical (unpaired) electrons. The second-order valence-electron chi connectivity index (χ2n) is 6.81. The summed E-state index contributed by atoms with van der Waals surface area (Å²) in [7, 11) is 3.25. The first kappa shape index (κ1) is 19.4. The van der Waals surface area contributed by atoms with E-state index in [1.165, 1.54) is 16.7 Å². The number of carbonyl (C=O) groups excluding carboxylic acids is 1. The zero-order valence-corrected chi connectivity index (χ0v) is 15.7. The van der Waals surface area contributed by atoms with Crippen molar-refractivity contribution in [1.29, 1.82) is 0 Å². The van der Waals surface area contributed by atoms with Crippen LogP contribution < -0.4 is 5.32 Å². The van der Waals surface area contributed by atoms with Crippen LogP contribution in [0.2, 0.25) is 5.02 Å². The summed E-state index contributed by atoms with van der Waals surface area (Å²) in [6, 6.07) is 4.44. The average Bonchev–Trinajstić information content (AvgIpc) is 2.51. The summed E-state index contributed by atoms with van der Waals surface area (Å²) in [5, 5.41) is 4.21. The van der Waals surface area contributed by atoms with Gasteiger partial charge in [-0.3, -0.25) is 4.90 Å². The van der Waals surface area contributed by atoms with Crippen LogP contribution in [0.4, 0.5) is 0 Å². The molecule has 4 nitrogen and oxygen atoms in total. The lowest BCUT2D eigenvalue weighted by molar-refractivity contribution is -0.112. The lowest BCUT2D eigenvalue weighted by Gasteiger charge is -2.31. The van der Waals surface area contributed by atoms with Gasteiger partial charge in [0.2, 0.25) is 0 Å². The summed E-state index contributed by atoms with van der Waals surface area (Å²) in [4.78, 5) is 13.2. The molecule has 2 fully saturated rings. The predicted octanol–water partition coefficient (Wildman–Crippen LogP) is 3.01. The first-order valence-corrected chi connectivity index (χ1v) is 9.04. The van der Waals surface area contributed by atoms with Crippen LogP contribution in [0.15, 0.2) is 12.1 Å². The molecule has 2 aliphatic rings. The van der Waals surface area contributed by atoms with Gasteiger partial charge in [-0.05, 0) is 55.6 Å². The first-order valence-electron chi connectivity index (χ1n) is 8.66. The molecule has 2 saturated heterocycles. The maximum atomic E-state index is 10.8. The smallest absolute Gasteiger partial charge is 0.123 e. The maximum Gasteiger partial charge on any atom is 0.123 e. The lowest BCUT2D eigenvalue weighted by atomic mass is 9.90. The van der Waals surface area contributed by atoms with E-state index in [4.69, 9.17) is 11.6 Å². The van der Waals surface area contributed by atoms with Gasteiger partial charge in [0.05, 0.1) is 0 Å². The van der Waals surface area contributed by atoms with Gasteiger partial charge in [-0.2, -0.15) is 0 Å². The Hall–Kier alpha value is -0.940. The lowest BCUT2D eigenvalue weighted by Crippen LogP contribution is -2.40. The fourth-order valence-corrected chi connectivity index (χ4v) is 3.57. The monoisotopic (exact) mass is 352 g/mol. The van der Waals surface area contributed by atoms with Crippen molar-refractivity contribution in [1.82, 2.24) is 10.2 Å². The number of ether oxygens (including phenoxy) is 1. The van der Waals surface area contributed by atoms with E-state index < -0.39 is 0 Å². The quantitative estimate of drug-likeness (QED) is 0.846. The molecule has 2 heterocycles. The number of nitrogens with one attached hydrogen (secondary N) is 1. The van der Waals surface area contributed by atoms with E-state index >= 15 is 0 Å². The Morgan fingerprint density at radius 2 is 1.92 bits per heavy atom. The summed E-state index contributed by atoms with van der Waals surface area (Å²) in [6.07, 6.45) is 3.06. The molecular formula is C19H29ClN2O2. The number of aryl methyl sites for hydroxylation is 1. The van der Waals surface area contributed by atoms with E-state index in [1.54, 1.807) is 14.2 Å². The number of carbonyl (C=O) groups is 1. The Morgan fingerprint density at radius 3 is 2.38 bits per heavy atom. The van der Waals surface area contributed by atoms with Crippen LogP contribution in [0.25, 0.3) is 0 Å². The van der Waals surface area contributed by atoms with Crippen molar-refractivity contribution in [2.75, 3.05) is 40.4 Å². The van der Waals surface area contributed by atoms with E-state index in [0.717, 1.165) is 56.9 Å². The largest absolute Gasteiger partial charge is 0.388 e. The van der Waals surface area contributed by atoms with Gasteiger partial charge in [0, 0.05) is 50.7 Å². The van der Waals surface area contributed by atoms with Gasteiger partial charge in [-0.25, -0.2) is 0 Å². The number of piperidine rings is 1. The van der Waals surface area contributed by atoms with E-state index in [-0.39, 0.29) is 5.92 Å². The minimum Gasteiger partial charge on any atom is -0.388 e. The summed E-state index contributed by atoms with van der Waals surface area (Å²) in [5.41, 5.74) is 3.90. The molecule has 0 spiro atoms. The zero-order valence-electron chi connectivity index (χ0n) is 15.0. The molecule has 2 aliphatic heterocycles. The van der Waals surface area contributed by atoms with Gasteiger partial charge < -0.3 is 14.8 Å². The number of hydrogen-bond donors (Lipinski definition) is 1. The van der Waals surface area contributed by atoms with E-state index in [1.807, 2.05) is 0 Å². The molecule has 134 valence electrons. The number of rotatable bonds is 4. The molecule has 0 atom stereocenters. The summed E-state index contributed by atoms with van der Waals surface area (Å²) in [6.45, 7) is 7.18. The van der Waals surface area contributed by atoms with Crippen molar-refractivity contribution < 1.29 is 9.53 Å². The Morgan fingerprint density at radius 1 is 1.29 bits per heavy atom. The van der Waals surface area contributed by atoms with Crippen LogP contribution in [0.1, 0.15) is 35.4 Å². The fraction of sp³-hybridized carbons (Fsp3) is 0.632. The highest BCUT2D eigenvalue weighted by Crippen LogP contribution is 2.30. The SMILES string of the molecule is COC.Cc1cc(C2CNC2)cc(Cl)c1CN1CCC(C=O)CC1. The molecule has 1 aromatic carbocycles. The highest BCUT2D eigenvalue weighted by atomic mass is 35.5. The predicted molar refractivity (Wildman–Crippen MR) is 98.8 cm³/mol. The third-order valence-electron chi connectivity index (χ3n) is 4.90. The van der Waals surface area contributed by atoms with Gasteiger partial charge in [-0.15, -0.1) is 0 Å². The third-order valence-corrected chi connectivity index (χ3v) is 5.24. The van der Waals surface area contributed by atoms with Crippen LogP contribution in [-0.2, 0) is 16.1 Å². The number of halogens is 1. The van der Waals surface area contributed by atoms with Crippen molar-refractivity contribution in [2.45, 2.75) is 32.2 Å². The normalized spacial score (nSPS) is 19.3. The van der Waals surface area contributed by atoms with Crippen molar-refractivity contribution >= 4 is 17.9 Å². The van der Waals surface area contributed by atoms with Gasteiger partial charge in [0.25, 0.3) is 0 Å². The zero-order chi connectivity index (χ0) is 17.5. The summed E-state index contributed by atoms with van der Waals surface area (Å²) in [5.74, 6) is 0.880. The highest BCUT2D eigenvalue weighted by molar-refractivity contribution is 6.31. The first-order chi connectivity index (χ1) is 11.6. The molecule has 24 heavy (non-hydrogen) atoms. The highest BCUT2D eigenvalue weighted by Gasteiger charge is 2.23. The van der Waals surface area contributed by atoms with Crippen molar-refractivity contribution in [2.24, 2.45) is 5.92 Å². The Labute approximate surface area is 150 Å². The number of aldehydes is 1. The molecule has 0 saturated carbocycles. The third kappa shape index (κ3) is 5.03. The standard InChI is InChI=1S/C17H23ClN2O.C2H6O/c1-12-6-14(15-8-19-9-15)7-17(18)16(12)10-20-4-2-13(11-21)3-5-20;1-3-2/h6-7,11,13,15,19H,2-5,8-10H2,1H3;1-2H3. The molecule has 0 aromatic heterocycles. The molecule has 1 aromatic rings. The van der Waals surface area contributed by atoms with Gasteiger partial charge in [0.15, 0.2) is 0 Å². The second kappa shape index (κ2) is 9.52. The molecule has 0 aliphatic carbocycles. The van der Waals surface area contributed by atoms with Crippen LogP contribution in [0.3, 0.4) is 0 Å². The van der Waals surface area contributed by atoms with Crippen LogP contribution >= 0.6 is 11.6 Å². The van der Waals surface area contributed by atoms with Gasteiger partial charge in [0.1, 0.15) is 6.29 Å². The topological polar surface area (TPSA) is 41.6 Å². The molecule has 3 rings (SSSR count). The van der Waals surface area contributed by atoms with Crippen molar-refractivity contribution in [3.8, 4) is 0 Å². The number of likely N-dealkylation sites (tertiary alicyclic amines) is 1. The number of benzene rings is 1. The Balaban J connectivity index is 0.000000647. The Bertz CT molecular complexity index is 515. The second-order valence-corrected chi connectivity index (χ2v) is 7.22. The van der Waals surface area contributed by atoms with E-state index in [0.29, 0.717) is 5.92 Å². The Kier molecular flexibility index (Phi) is 7.69. The molecule has 5 heteroatoms. The van der Waals surface area contributed by atoms with E-state index in [9.17, 15) is 4.79 Å². The van der Waals surface area contributed by atoms with Crippen molar-refractivity contribution in [3.05, 3.63) is 33.8 Å². The molecule has 1 N–H and O–H groups in total. The molecular weight excluding hydrogens is 324 g/mol. The number of hydrogen-bond acceptors (Lipinski definition) is 4. The number of nitrogens with zero attached hydrogens (tertiary/aromatic N) is 1. The van der Waals surface area contributed by atoms with Gasteiger partial charge in [-0.1, -0.05) is 17.7 Å². The molecule has 0 amide bonds. The molecule has 0 bridgehead atoms. The summed E-state index contributed by atoms with van der Waals surface area (Å²) < 4.78 is 4.25. The van der Waals surface area contributed by atoms with Crippen LogP contribution in [0, 0.1) is 12.8 Å². The molecule has 0 unspecified atom stereocenters. The summed E-state index contributed by atoms with van der Waals surface area (Å²) >= 11 is 6.53. The van der Waals surface area contributed by atoms with E-state index in [2.05, 4.69) is 34.0 Å². The minimum absolute atomic E-state index is 0.256. The maximum absolute atomic E-state index is 10.8. The van der Waals surface area contributed by atoms with Crippen LogP contribution in [-0.4, -0.2) is 51.6 Å². The average molecular weight is 353 g/mol. The van der Waals surface area contributed by atoms with Gasteiger partial charge >= 0.3 is 0 Å². The van der Waals surface area contributed by atoms with Crippen molar-refractivity contribution in [3.63, 3.8) is 0 Å². The minimum atomic E-state index is 0.256. The van der Waals surface area contributed by atoms with Crippen LogP contribution in [0.5, 0.6) is 0 Å². The number of methoxy groups -OCH3 is 1. The fourth-order valence-electron chi connectivity index (χ4n) is 3.23.